The first kappa shape index (κ1) is 14.4. The van der Waals surface area contributed by atoms with Gasteiger partial charge in [0.05, 0.1) is 6.54 Å². The molecule has 0 radical (unpaired) electrons. The molecule has 2 rings (SSSR count). The Labute approximate surface area is 123 Å². The topological polar surface area (TPSA) is 25.2 Å². The molecule has 0 saturated carbocycles. The van der Waals surface area contributed by atoms with Gasteiger partial charge in [0.15, 0.2) is 0 Å². The van der Waals surface area contributed by atoms with Gasteiger partial charge in [-0.3, -0.25) is 0 Å². The Balaban J connectivity index is 2.08. The van der Waals surface area contributed by atoms with Gasteiger partial charge in [0, 0.05) is 10.0 Å². The van der Waals surface area contributed by atoms with Crippen molar-refractivity contribution in [3.8, 4) is 11.3 Å². The van der Waals surface area contributed by atoms with Crippen LogP contribution in [0.15, 0.2) is 39.2 Å². The van der Waals surface area contributed by atoms with Crippen molar-refractivity contribution in [3.63, 3.8) is 0 Å². The SMILES string of the molecule is Cc1cc(Br)ccc1-c1ccc(CNCC(C)C)o1. The first-order valence-electron chi connectivity index (χ1n) is 6.62. The van der Waals surface area contributed by atoms with Crippen LogP contribution in [0.2, 0.25) is 0 Å². The lowest BCUT2D eigenvalue weighted by atomic mass is 10.1. The molecule has 0 fully saturated rings. The normalized spacial score (nSPS) is 11.2. The molecule has 0 atom stereocenters. The van der Waals surface area contributed by atoms with E-state index in [1.54, 1.807) is 0 Å². The van der Waals surface area contributed by atoms with Crippen molar-refractivity contribution < 1.29 is 4.42 Å². The van der Waals surface area contributed by atoms with Crippen LogP contribution in [0, 0.1) is 12.8 Å². The minimum Gasteiger partial charge on any atom is -0.460 e. The number of aryl methyl sites for hydroxylation is 1. The summed E-state index contributed by atoms with van der Waals surface area (Å²) in [4.78, 5) is 0. The minimum atomic E-state index is 0.656. The highest BCUT2D eigenvalue weighted by atomic mass is 79.9. The Morgan fingerprint density at radius 2 is 2.00 bits per heavy atom. The molecule has 0 bridgehead atoms. The van der Waals surface area contributed by atoms with Gasteiger partial charge in [-0.1, -0.05) is 29.8 Å². The summed E-state index contributed by atoms with van der Waals surface area (Å²) in [7, 11) is 0. The van der Waals surface area contributed by atoms with Gasteiger partial charge in [0.1, 0.15) is 11.5 Å². The highest BCUT2D eigenvalue weighted by Gasteiger charge is 2.07. The van der Waals surface area contributed by atoms with Gasteiger partial charge >= 0.3 is 0 Å². The second-order valence-corrected chi connectivity index (χ2v) is 6.17. The Bertz CT molecular complexity index is 545. The standard InChI is InChI=1S/C16H20BrNO/c1-11(2)9-18-10-14-5-7-16(19-14)15-6-4-13(17)8-12(15)3/h4-8,11,18H,9-10H2,1-3H3. The summed E-state index contributed by atoms with van der Waals surface area (Å²) < 4.78 is 6.99. The van der Waals surface area contributed by atoms with Crippen LogP contribution in [0.5, 0.6) is 0 Å². The minimum absolute atomic E-state index is 0.656. The molecule has 0 aliphatic carbocycles. The van der Waals surface area contributed by atoms with E-state index in [4.69, 9.17) is 4.42 Å². The smallest absolute Gasteiger partial charge is 0.134 e. The lowest BCUT2D eigenvalue weighted by Crippen LogP contribution is -2.18. The molecule has 0 unspecified atom stereocenters. The van der Waals surface area contributed by atoms with E-state index in [0.717, 1.165) is 34.6 Å². The number of hydrogen-bond acceptors (Lipinski definition) is 2. The zero-order valence-electron chi connectivity index (χ0n) is 11.7. The maximum absolute atomic E-state index is 5.89. The van der Waals surface area contributed by atoms with E-state index in [0.29, 0.717) is 5.92 Å². The van der Waals surface area contributed by atoms with Gasteiger partial charge in [-0.25, -0.2) is 0 Å². The molecular weight excluding hydrogens is 302 g/mol. The second-order valence-electron chi connectivity index (χ2n) is 5.25. The fourth-order valence-electron chi connectivity index (χ4n) is 2.01. The second kappa shape index (κ2) is 6.40. The highest BCUT2D eigenvalue weighted by molar-refractivity contribution is 9.10. The zero-order chi connectivity index (χ0) is 13.8. The number of furan rings is 1. The Morgan fingerprint density at radius 1 is 1.21 bits per heavy atom. The van der Waals surface area contributed by atoms with Crippen LogP contribution < -0.4 is 5.32 Å². The van der Waals surface area contributed by atoms with Gasteiger partial charge in [0.2, 0.25) is 0 Å². The predicted octanol–water partition coefficient (Wildman–Crippen LogP) is 4.76. The largest absolute Gasteiger partial charge is 0.460 e. The lowest BCUT2D eigenvalue weighted by molar-refractivity contribution is 0.472. The van der Waals surface area contributed by atoms with Crippen LogP contribution in [-0.4, -0.2) is 6.54 Å². The number of halogens is 1. The molecule has 2 nitrogen and oxygen atoms in total. The molecule has 1 aromatic heterocycles. The third-order valence-electron chi connectivity index (χ3n) is 2.97. The summed E-state index contributed by atoms with van der Waals surface area (Å²) in [6.07, 6.45) is 0. The molecule has 2 aromatic rings. The van der Waals surface area contributed by atoms with Crippen molar-refractivity contribution in [1.82, 2.24) is 5.32 Å². The van der Waals surface area contributed by atoms with Crippen molar-refractivity contribution in [3.05, 3.63) is 46.1 Å². The summed E-state index contributed by atoms with van der Waals surface area (Å²) >= 11 is 3.48. The molecule has 0 aliphatic rings. The summed E-state index contributed by atoms with van der Waals surface area (Å²) in [5, 5.41) is 3.39. The first-order chi connectivity index (χ1) is 9.06. The molecule has 1 aromatic carbocycles. The Morgan fingerprint density at radius 3 is 2.68 bits per heavy atom. The van der Waals surface area contributed by atoms with Crippen LogP contribution in [0.3, 0.4) is 0 Å². The monoisotopic (exact) mass is 321 g/mol. The predicted molar refractivity (Wildman–Crippen MR) is 83.1 cm³/mol. The maximum atomic E-state index is 5.89. The van der Waals surface area contributed by atoms with Gasteiger partial charge in [-0.05, 0) is 55.3 Å². The Hall–Kier alpha value is -1.06. The number of hydrogen-bond donors (Lipinski definition) is 1. The molecule has 1 heterocycles. The van der Waals surface area contributed by atoms with Gasteiger partial charge < -0.3 is 9.73 Å². The van der Waals surface area contributed by atoms with E-state index >= 15 is 0 Å². The number of rotatable bonds is 5. The fourth-order valence-corrected chi connectivity index (χ4v) is 2.48. The molecule has 1 N–H and O–H groups in total. The quantitative estimate of drug-likeness (QED) is 0.858. The average molecular weight is 322 g/mol. The van der Waals surface area contributed by atoms with Crippen LogP contribution in [-0.2, 0) is 6.54 Å². The summed E-state index contributed by atoms with van der Waals surface area (Å²) in [5.41, 5.74) is 2.36. The molecule has 19 heavy (non-hydrogen) atoms. The van der Waals surface area contributed by atoms with E-state index in [1.807, 2.05) is 18.2 Å². The number of nitrogens with one attached hydrogen (secondary N) is 1. The van der Waals surface area contributed by atoms with Crippen molar-refractivity contribution in [2.45, 2.75) is 27.3 Å². The van der Waals surface area contributed by atoms with Crippen LogP contribution in [0.1, 0.15) is 25.2 Å². The highest BCUT2D eigenvalue weighted by Crippen LogP contribution is 2.27. The van der Waals surface area contributed by atoms with E-state index in [1.165, 1.54) is 5.56 Å². The van der Waals surface area contributed by atoms with Crippen LogP contribution in [0.4, 0.5) is 0 Å². The van der Waals surface area contributed by atoms with E-state index in [-0.39, 0.29) is 0 Å². The summed E-state index contributed by atoms with van der Waals surface area (Å²) in [5.74, 6) is 2.58. The van der Waals surface area contributed by atoms with Crippen molar-refractivity contribution >= 4 is 15.9 Å². The zero-order valence-corrected chi connectivity index (χ0v) is 13.3. The van der Waals surface area contributed by atoms with Crippen LogP contribution >= 0.6 is 15.9 Å². The van der Waals surface area contributed by atoms with Gasteiger partial charge in [-0.2, -0.15) is 0 Å². The third-order valence-corrected chi connectivity index (χ3v) is 3.46. The van der Waals surface area contributed by atoms with Gasteiger partial charge in [-0.15, -0.1) is 0 Å². The summed E-state index contributed by atoms with van der Waals surface area (Å²) in [6.45, 7) is 8.29. The van der Waals surface area contributed by atoms with E-state index in [2.05, 4.69) is 54.2 Å². The Kier molecular flexibility index (Phi) is 4.83. The van der Waals surface area contributed by atoms with Crippen molar-refractivity contribution in [2.75, 3.05) is 6.54 Å². The maximum Gasteiger partial charge on any atom is 0.134 e. The van der Waals surface area contributed by atoms with Gasteiger partial charge in [0.25, 0.3) is 0 Å². The molecule has 0 spiro atoms. The first-order valence-corrected chi connectivity index (χ1v) is 7.41. The third kappa shape index (κ3) is 3.95. The molecule has 0 aliphatic heterocycles. The molecule has 0 saturated heterocycles. The molecular formula is C16H20BrNO. The average Bonchev–Trinajstić information content (AvgIpc) is 2.77. The van der Waals surface area contributed by atoms with Crippen LogP contribution in [0.25, 0.3) is 11.3 Å². The summed E-state index contributed by atoms with van der Waals surface area (Å²) in [6, 6.07) is 10.3. The van der Waals surface area contributed by atoms with Crippen molar-refractivity contribution in [2.24, 2.45) is 5.92 Å². The fraction of sp³-hybridized carbons (Fsp3) is 0.375. The molecule has 3 heteroatoms. The van der Waals surface area contributed by atoms with E-state index in [9.17, 15) is 0 Å². The molecule has 102 valence electrons. The van der Waals surface area contributed by atoms with Crippen molar-refractivity contribution in [1.29, 1.82) is 0 Å². The molecule has 0 amide bonds. The lowest BCUT2D eigenvalue weighted by Gasteiger charge is -2.05. The number of benzene rings is 1. The van der Waals surface area contributed by atoms with E-state index < -0.39 is 0 Å².